The first-order valence-corrected chi connectivity index (χ1v) is 11.1. The van der Waals surface area contributed by atoms with E-state index in [0.717, 1.165) is 25.7 Å². The highest BCUT2D eigenvalue weighted by atomic mass is 16.5. The van der Waals surface area contributed by atoms with Gasteiger partial charge in [-0.15, -0.1) is 0 Å². The van der Waals surface area contributed by atoms with Crippen molar-refractivity contribution >= 4 is 17.5 Å². The van der Waals surface area contributed by atoms with Gasteiger partial charge in [0.1, 0.15) is 6.04 Å². The summed E-state index contributed by atoms with van der Waals surface area (Å²) in [6.07, 6.45) is 5.43. The zero-order valence-electron chi connectivity index (χ0n) is 18.8. The van der Waals surface area contributed by atoms with E-state index >= 15 is 0 Å². The molecule has 3 aromatic rings. The Labute approximate surface area is 193 Å². The van der Waals surface area contributed by atoms with Gasteiger partial charge < -0.3 is 19.2 Å². The Morgan fingerprint density at radius 1 is 0.970 bits per heavy atom. The Kier molecular flexibility index (Phi) is 6.98. The molecule has 2 aromatic carbocycles. The maximum Gasteiger partial charge on any atom is 0.294 e. The molecule has 0 aliphatic heterocycles. The van der Waals surface area contributed by atoms with E-state index in [1.165, 1.54) is 25.4 Å². The third kappa shape index (κ3) is 4.72. The lowest BCUT2D eigenvalue weighted by molar-refractivity contribution is -0.123. The Hall–Kier alpha value is -3.74. The number of rotatable bonds is 8. The van der Waals surface area contributed by atoms with Crippen molar-refractivity contribution in [1.82, 2.24) is 5.32 Å². The minimum Gasteiger partial charge on any atom is -0.493 e. The van der Waals surface area contributed by atoms with Crippen LogP contribution in [0.25, 0.3) is 0 Å². The van der Waals surface area contributed by atoms with Crippen LogP contribution >= 0.6 is 0 Å². The van der Waals surface area contributed by atoms with Gasteiger partial charge >= 0.3 is 0 Å². The fourth-order valence-electron chi connectivity index (χ4n) is 4.37. The first-order chi connectivity index (χ1) is 16.1. The third-order valence-corrected chi connectivity index (χ3v) is 5.92. The summed E-state index contributed by atoms with van der Waals surface area (Å²) >= 11 is 0. The molecule has 1 saturated carbocycles. The minimum absolute atomic E-state index is 0.0768. The van der Waals surface area contributed by atoms with Crippen LogP contribution in [0.3, 0.4) is 0 Å². The largest absolute Gasteiger partial charge is 0.493 e. The standard InChI is InChI=1S/C26H28N2O5/c1-31-21-15-8-14-20(24(21)32-2)23(25(29)27-18-10-6-7-11-18)28(19-12-4-3-5-13-19)26(30)22-16-9-17-33-22/h3-5,8-9,12-18,23H,6-7,10-11H2,1-2H3,(H,27,29)/t23-/m1/s1. The Bertz CT molecular complexity index is 1080. The van der Waals surface area contributed by atoms with E-state index in [0.29, 0.717) is 22.7 Å². The molecule has 1 fully saturated rings. The van der Waals surface area contributed by atoms with Gasteiger partial charge in [0.05, 0.1) is 20.5 Å². The highest BCUT2D eigenvalue weighted by Crippen LogP contribution is 2.39. The zero-order valence-corrected chi connectivity index (χ0v) is 18.8. The summed E-state index contributed by atoms with van der Waals surface area (Å²) in [4.78, 5) is 29.0. The van der Waals surface area contributed by atoms with Gasteiger partial charge in [0, 0.05) is 17.3 Å². The molecule has 172 valence electrons. The van der Waals surface area contributed by atoms with E-state index < -0.39 is 11.9 Å². The van der Waals surface area contributed by atoms with Crippen LogP contribution in [0.15, 0.2) is 71.3 Å². The van der Waals surface area contributed by atoms with Crippen LogP contribution in [0.5, 0.6) is 11.5 Å². The summed E-state index contributed by atoms with van der Waals surface area (Å²) in [5, 5.41) is 3.16. The van der Waals surface area contributed by atoms with Crippen molar-refractivity contribution in [1.29, 1.82) is 0 Å². The summed E-state index contributed by atoms with van der Waals surface area (Å²) in [7, 11) is 3.06. The second kappa shape index (κ2) is 10.3. The van der Waals surface area contributed by atoms with Crippen molar-refractivity contribution < 1.29 is 23.5 Å². The summed E-state index contributed by atoms with van der Waals surface area (Å²) < 4.78 is 16.6. The van der Waals surface area contributed by atoms with Crippen molar-refractivity contribution in [2.45, 2.75) is 37.8 Å². The fourth-order valence-corrected chi connectivity index (χ4v) is 4.37. The highest BCUT2D eigenvalue weighted by molar-refractivity contribution is 6.09. The molecule has 1 N–H and O–H groups in total. The molecule has 1 atom stereocenters. The van der Waals surface area contributed by atoms with Crippen LogP contribution in [-0.2, 0) is 4.79 Å². The van der Waals surface area contributed by atoms with E-state index in [2.05, 4.69) is 5.32 Å². The fraction of sp³-hybridized carbons (Fsp3) is 0.308. The monoisotopic (exact) mass is 448 g/mol. The van der Waals surface area contributed by atoms with Crippen LogP contribution < -0.4 is 19.7 Å². The molecule has 1 aromatic heterocycles. The van der Waals surface area contributed by atoms with Crippen LogP contribution in [0.4, 0.5) is 5.69 Å². The lowest BCUT2D eigenvalue weighted by Crippen LogP contribution is -2.46. The molecule has 0 spiro atoms. The second-order valence-electron chi connectivity index (χ2n) is 7.96. The van der Waals surface area contributed by atoms with Crippen LogP contribution in [0.2, 0.25) is 0 Å². The van der Waals surface area contributed by atoms with Gasteiger partial charge in [-0.25, -0.2) is 0 Å². The number of para-hydroxylation sites is 2. The molecule has 2 amide bonds. The number of hydrogen-bond donors (Lipinski definition) is 1. The molecular weight excluding hydrogens is 420 g/mol. The van der Waals surface area contributed by atoms with E-state index in [4.69, 9.17) is 13.9 Å². The Morgan fingerprint density at radius 3 is 2.36 bits per heavy atom. The topological polar surface area (TPSA) is 81.0 Å². The van der Waals surface area contributed by atoms with Crippen molar-refractivity contribution in [3.63, 3.8) is 0 Å². The molecule has 33 heavy (non-hydrogen) atoms. The zero-order chi connectivity index (χ0) is 23.2. The van der Waals surface area contributed by atoms with Gasteiger partial charge in [0.2, 0.25) is 5.91 Å². The third-order valence-electron chi connectivity index (χ3n) is 5.92. The first-order valence-electron chi connectivity index (χ1n) is 11.1. The van der Waals surface area contributed by atoms with Gasteiger partial charge in [-0.2, -0.15) is 0 Å². The summed E-state index contributed by atoms with van der Waals surface area (Å²) in [6, 6.07) is 16.7. The predicted molar refractivity (Wildman–Crippen MR) is 125 cm³/mol. The van der Waals surface area contributed by atoms with E-state index in [9.17, 15) is 9.59 Å². The van der Waals surface area contributed by atoms with Crippen molar-refractivity contribution in [3.8, 4) is 11.5 Å². The SMILES string of the molecule is COc1cccc([C@H](C(=O)NC2CCCC2)N(C(=O)c2ccco2)c2ccccc2)c1OC. The number of benzene rings is 2. The van der Waals surface area contributed by atoms with Crippen LogP contribution in [-0.4, -0.2) is 32.1 Å². The number of anilines is 1. The maximum absolute atomic E-state index is 13.8. The van der Waals surface area contributed by atoms with Crippen LogP contribution in [0, 0.1) is 0 Å². The van der Waals surface area contributed by atoms with Gasteiger partial charge in [0.25, 0.3) is 5.91 Å². The molecule has 4 rings (SSSR count). The number of nitrogens with zero attached hydrogens (tertiary/aromatic N) is 1. The van der Waals surface area contributed by atoms with Crippen LogP contribution in [0.1, 0.15) is 47.8 Å². The Morgan fingerprint density at radius 2 is 1.73 bits per heavy atom. The Balaban J connectivity index is 1.87. The van der Waals surface area contributed by atoms with Gasteiger partial charge in [-0.05, 0) is 43.2 Å². The van der Waals surface area contributed by atoms with Crippen molar-refractivity contribution in [3.05, 3.63) is 78.3 Å². The normalized spacial score (nSPS) is 14.5. The maximum atomic E-state index is 13.8. The summed E-state index contributed by atoms with van der Waals surface area (Å²) in [5.74, 6) is 0.311. The lowest BCUT2D eigenvalue weighted by Gasteiger charge is -2.32. The van der Waals surface area contributed by atoms with E-state index in [1.807, 2.05) is 18.2 Å². The number of amides is 2. The second-order valence-corrected chi connectivity index (χ2v) is 7.96. The van der Waals surface area contributed by atoms with E-state index in [1.54, 1.807) is 42.5 Å². The highest BCUT2D eigenvalue weighted by Gasteiger charge is 2.38. The molecule has 0 radical (unpaired) electrons. The molecule has 1 heterocycles. The number of nitrogens with one attached hydrogen (secondary N) is 1. The summed E-state index contributed by atoms with van der Waals surface area (Å²) in [6.45, 7) is 0. The molecule has 0 bridgehead atoms. The number of carbonyl (C=O) groups is 2. The van der Waals surface area contributed by atoms with Crippen molar-refractivity contribution in [2.24, 2.45) is 0 Å². The molecule has 7 nitrogen and oxygen atoms in total. The smallest absolute Gasteiger partial charge is 0.294 e. The number of methoxy groups -OCH3 is 2. The van der Waals surface area contributed by atoms with Gasteiger partial charge in [0.15, 0.2) is 17.3 Å². The first kappa shape index (κ1) is 22.5. The molecule has 7 heteroatoms. The predicted octanol–water partition coefficient (Wildman–Crippen LogP) is 4.74. The molecule has 1 aliphatic carbocycles. The molecule has 1 aliphatic rings. The average molecular weight is 449 g/mol. The quantitative estimate of drug-likeness (QED) is 0.538. The molecular formula is C26H28N2O5. The van der Waals surface area contributed by atoms with Gasteiger partial charge in [-0.1, -0.05) is 43.2 Å². The van der Waals surface area contributed by atoms with Gasteiger partial charge in [-0.3, -0.25) is 14.5 Å². The molecule has 0 saturated heterocycles. The number of carbonyl (C=O) groups excluding carboxylic acids is 2. The number of hydrogen-bond acceptors (Lipinski definition) is 5. The minimum atomic E-state index is -1.00. The van der Waals surface area contributed by atoms with Crippen molar-refractivity contribution in [2.75, 3.05) is 19.1 Å². The lowest BCUT2D eigenvalue weighted by atomic mass is 10.00. The average Bonchev–Trinajstić information content (AvgIpc) is 3.56. The number of ether oxygens (including phenoxy) is 2. The summed E-state index contributed by atoms with van der Waals surface area (Å²) in [5.41, 5.74) is 1.09. The van der Waals surface area contributed by atoms with E-state index in [-0.39, 0.29) is 17.7 Å². The molecule has 0 unspecified atom stereocenters. The number of furan rings is 1.